The Hall–Kier alpha value is -1.10. The first-order valence-electron chi connectivity index (χ1n) is 3.48. The van der Waals surface area contributed by atoms with Crippen molar-refractivity contribution in [3.05, 3.63) is 34.9 Å². The Labute approximate surface area is 81.3 Å². The maximum Gasteiger partial charge on any atom is 0.335 e. The molecule has 0 aliphatic heterocycles. The van der Waals surface area contributed by atoms with Crippen molar-refractivity contribution in [2.24, 2.45) is 5.84 Å². The molecule has 1 aromatic rings. The maximum absolute atomic E-state index is 10.3. The van der Waals surface area contributed by atoms with Crippen LogP contribution in [0.4, 0.5) is 0 Å². The van der Waals surface area contributed by atoms with Crippen molar-refractivity contribution in [3.63, 3.8) is 0 Å². The number of nitrogens with one attached hydrogen (secondary N) is 1. The summed E-state index contributed by atoms with van der Waals surface area (Å²) in [6, 6.07) is 6.02. The Bertz CT molecular complexity index is 261. The lowest BCUT2D eigenvalue weighted by Gasteiger charge is -1.91. The zero-order valence-corrected chi connectivity index (χ0v) is 7.88. The number of halogens is 1. The number of hydrazine groups is 1. The van der Waals surface area contributed by atoms with Crippen molar-refractivity contribution in [3.8, 4) is 0 Å². The molecule has 0 aliphatic rings. The molecule has 0 unspecified atom stereocenters. The SMILES string of the molecule is CNN.O=C(O)c1ccc(Cl)cc1. The maximum atomic E-state index is 10.3. The molecule has 4 nitrogen and oxygen atoms in total. The Kier molecular flexibility index (Phi) is 5.88. The Morgan fingerprint density at radius 3 is 2.15 bits per heavy atom. The minimum Gasteiger partial charge on any atom is -0.478 e. The van der Waals surface area contributed by atoms with Gasteiger partial charge in [0.25, 0.3) is 0 Å². The number of aromatic carboxylic acids is 1. The molecule has 0 heterocycles. The summed E-state index contributed by atoms with van der Waals surface area (Å²) in [4.78, 5) is 10.3. The molecule has 1 aromatic carbocycles. The molecule has 0 amide bonds. The first-order chi connectivity index (χ1) is 6.11. The summed E-state index contributed by atoms with van der Waals surface area (Å²) in [6.45, 7) is 0. The lowest BCUT2D eigenvalue weighted by molar-refractivity contribution is 0.0697. The Balaban J connectivity index is 0.000000424. The summed E-state index contributed by atoms with van der Waals surface area (Å²) in [5, 5.41) is 8.98. The van der Waals surface area contributed by atoms with Gasteiger partial charge < -0.3 is 5.11 Å². The first-order valence-corrected chi connectivity index (χ1v) is 3.85. The minimum atomic E-state index is -0.934. The second-order valence-corrected chi connectivity index (χ2v) is 2.54. The zero-order chi connectivity index (χ0) is 10.3. The number of carboxylic acid groups (broad SMARTS) is 1. The predicted molar refractivity (Wildman–Crippen MR) is 51.7 cm³/mol. The van der Waals surface area contributed by atoms with Crippen LogP contribution in [0.3, 0.4) is 0 Å². The van der Waals surface area contributed by atoms with E-state index in [1.54, 1.807) is 19.2 Å². The lowest BCUT2D eigenvalue weighted by Crippen LogP contribution is -2.13. The predicted octanol–water partition coefficient (Wildman–Crippen LogP) is 1.12. The highest BCUT2D eigenvalue weighted by molar-refractivity contribution is 6.30. The molecule has 0 radical (unpaired) electrons. The van der Waals surface area contributed by atoms with E-state index in [0.717, 1.165) is 0 Å². The van der Waals surface area contributed by atoms with Gasteiger partial charge in [-0.05, 0) is 31.3 Å². The largest absolute Gasteiger partial charge is 0.478 e. The summed E-state index contributed by atoms with van der Waals surface area (Å²) in [5.74, 6) is 3.66. The molecular formula is C8H11ClN2O2. The van der Waals surface area contributed by atoms with E-state index >= 15 is 0 Å². The zero-order valence-electron chi connectivity index (χ0n) is 7.12. The number of carboxylic acids is 1. The number of hydrogen-bond acceptors (Lipinski definition) is 3. The second-order valence-electron chi connectivity index (χ2n) is 2.10. The van der Waals surface area contributed by atoms with Gasteiger partial charge in [0.2, 0.25) is 0 Å². The Morgan fingerprint density at radius 2 is 1.85 bits per heavy atom. The van der Waals surface area contributed by atoms with E-state index in [1.165, 1.54) is 12.1 Å². The molecule has 4 N–H and O–H groups in total. The van der Waals surface area contributed by atoms with E-state index in [1.807, 2.05) is 0 Å². The number of benzene rings is 1. The van der Waals surface area contributed by atoms with Crippen LogP contribution in [0, 0.1) is 0 Å². The number of rotatable bonds is 1. The third-order valence-corrected chi connectivity index (χ3v) is 1.34. The van der Waals surface area contributed by atoms with E-state index in [-0.39, 0.29) is 5.56 Å². The van der Waals surface area contributed by atoms with Gasteiger partial charge in [0, 0.05) is 5.02 Å². The third kappa shape index (κ3) is 5.19. The van der Waals surface area contributed by atoms with Crippen LogP contribution in [0.2, 0.25) is 5.02 Å². The van der Waals surface area contributed by atoms with Crippen LogP contribution in [0.1, 0.15) is 10.4 Å². The molecule has 0 saturated heterocycles. The van der Waals surface area contributed by atoms with E-state index < -0.39 is 5.97 Å². The standard InChI is InChI=1S/C7H5ClO2.CH6N2/c8-6-3-1-5(2-4-6)7(9)10;1-3-2/h1-4H,(H,9,10);3H,2H2,1H3. The average Bonchev–Trinajstić information content (AvgIpc) is 2.06. The van der Waals surface area contributed by atoms with Crippen LogP contribution in [0.15, 0.2) is 24.3 Å². The normalized spacial score (nSPS) is 8.54. The van der Waals surface area contributed by atoms with Crippen molar-refractivity contribution < 1.29 is 9.90 Å². The van der Waals surface area contributed by atoms with Gasteiger partial charge in [0.1, 0.15) is 0 Å². The molecule has 0 fully saturated rings. The molecule has 1 rings (SSSR count). The van der Waals surface area contributed by atoms with Crippen LogP contribution < -0.4 is 11.3 Å². The average molecular weight is 203 g/mol. The van der Waals surface area contributed by atoms with Crippen LogP contribution >= 0.6 is 11.6 Å². The lowest BCUT2D eigenvalue weighted by atomic mass is 10.2. The summed E-state index contributed by atoms with van der Waals surface area (Å²) in [7, 11) is 1.65. The van der Waals surface area contributed by atoms with Crippen molar-refractivity contribution in [1.29, 1.82) is 0 Å². The van der Waals surface area contributed by atoms with Crippen molar-refractivity contribution in [2.75, 3.05) is 7.05 Å². The van der Waals surface area contributed by atoms with Gasteiger partial charge in [-0.25, -0.2) is 4.79 Å². The molecule has 0 aliphatic carbocycles. The third-order valence-electron chi connectivity index (χ3n) is 1.09. The van der Waals surface area contributed by atoms with E-state index in [9.17, 15) is 4.79 Å². The molecule has 0 bridgehead atoms. The van der Waals surface area contributed by atoms with Gasteiger partial charge in [-0.3, -0.25) is 11.3 Å². The molecular weight excluding hydrogens is 192 g/mol. The van der Waals surface area contributed by atoms with Gasteiger partial charge in [-0.1, -0.05) is 11.6 Å². The van der Waals surface area contributed by atoms with Crippen LogP contribution in [-0.2, 0) is 0 Å². The minimum absolute atomic E-state index is 0.254. The van der Waals surface area contributed by atoms with Gasteiger partial charge in [-0.2, -0.15) is 0 Å². The number of hydrogen-bond donors (Lipinski definition) is 3. The van der Waals surface area contributed by atoms with Crippen molar-refractivity contribution in [1.82, 2.24) is 5.43 Å². The van der Waals surface area contributed by atoms with Gasteiger partial charge in [0.15, 0.2) is 0 Å². The van der Waals surface area contributed by atoms with E-state index in [4.69, 9.17) is 16.7 Å². The van der Waals surface area contributed by atoms with Crippen molar-refractivity contribution >= 4 is 17.6 Å². The quantitative estimate of drug-likeness (QED) is 0.471. The monoisotopic (exact) mass is 202 g/mol. The molecule has 0 spiro atoms. The topological polar surface area (TPSA) is 75.3 Å². The summed E-state index contributed by atoms with van der Waals surface area (Å²) in [6.07, 6.45) is 0. The van der Waals surface area contributed by atoms with E-state index in [0.29, 0.717) is 5.02 Å². The number of nitrogens with two attached hydrogens (primary N) is 1. The fourth-order valence-electron chi connectivity index (χ4n) is 0.592. The Morgan fingerprint density at radius 1 is 1.46 bits per heavy atom. The molecule has 72 valence electrons. The van der Waals surface area contributed by atoms with Crippen LogP contribution in [0.25, 0.3) is 0 Å². The fourth-order valence-corrected chi connectivity index (χ4v) is 0.718. The molecule has 13 heavy (non-hydrogen) atoms. The van der Waals surface area contributed by atoms with Gasteiger partial charge in [0.05, 0.1) is 5.56 Å². The van der Waals surface area contributed by atoms with E-state index in [2.05, 4.69) is 11.3 Å². The highest BCUT2D eigenvalue weighted by Crippen LogP contribution is 2.08. The van der Waals surface area contributed by atoms with Crippen molar-refractivity contribution in [2.45, 2.75) is 0 Å². The fraction of sp³-hybridized carbons (Fsp3) is 0.125. The second kappa shape index (κ2) is 6.42. The van der Waals surface area contributed by atoms with Gasteiger partial charge >= 0.3 is 5.97 Å². The number of carbonyl (C=O) groups is 1. The summed E-state index contributed by atoms with van der Waals surface area (Å²) in [5.41, 5.74) is 2.50. The van der Waals surface area contributed by atoms with Crippen LogP contribution in [0.5, 0.6) is 0 Å². The van der Waals surface area contributed by atoms with Gasteiger partial charge in [-0.15, -0.1) is 0 Å². The molecule has 0 saturated carbocycles. The molecule has 5 heteroatoms. The highest BCUT2D eigenvalue weighted by atomic mass is 35.5. The van der Waals surface area contributed by atoms with Crippen LogP contribution in [-0.4, -0.2) is 18.1 Å². The summed E-state index contributed by atoms with van der Waals surface area (Å²) >= 11 is 5.52. The molecule has 0 aromatic heterocycles. The first kappa shape index (κ1) is 11.9. The smallest absolute Gasteiger partial charge is 0.335 e. The summed E-state index contributed by atoms with van der Waals surface area (Å²) < 4.78 is 0. The molecule has 0 atom stereocenters. The highest BCUT2D eigenvalue weighted by Gasteiger charge is 1.99.